The van der Waals surface area contributed by atoms with Gasteiger partial charge < -0.3 is 34.3 Å². The van der Waals surface area contributed by atoms with Gasteiger partial charge in [-0.1, -0.05) is 63.2 Å². The summed E-state index contributed by atoms with van der Waals surface area (Å²) in [5, 5.41) is 5.14. The standard InChI is InChI=1S/C22H33N3O2.C20H30N2O5/c1-6-19-15-25(16-23-19)21(18-9-11-20(12-10-18)27-8-3)22(26)24(7-2)14-13-17(4)5;1-14(23)16(13-26-12-15-10-8-7-9-11-15)21-17(24)20(5,6)22-18(25)27-19(2,3)4/h9-12,15-17,21H,6-8,13-14H2,1-5H3;7-11,16H,12-13H2,1-6H3,(H,21,24)(H,22,25). The molecule has 298 valence electrons. The molecular formula is C42H63N5O7. The van der Waals surface area contributed by atoms with Crippen molar-refractivity contribution in [3.05, 3.63) is 83.9 Å². The van der Waals surface area contributed by atoms with Gasteiger partial charge in [-0.05, 0) is 97.4 Å². The van der Waals surface area contributed by atoms with E-state index in [4.69, 9.17) is 14.2 Å². The second-order valence-corrected chi connectivity index (χ2v) is 15.1. The van der Waals surface area contributed by atoms with Gasteiger partial charge in [-0.2, -0.15) is 0 Å². The summed E-state index contributed by atoms with van der Waals surface area (Å²) < 4.78 is 18.2. The molecule has 3 rings (SSSR count). The van der Waals surface area contributed by atoms with E-state index in [1.54, 1.807) is 27.1 Å². The number of nitrogens with zero attached hydrogens (tertiary/aromatic N) is 3. The smallest absolute Gasteiger partial charge is 0.408 e. The molecule has 2 aromatic carbocycles. The molecule has 2 N–H and O–H groups in total. The summed E-state index contributed by atoms with van der Waals surface area (Å²) in [6.45, 7) is 22.6. The number of carbonyl (C=O) groups is 4. The third-order valence-corrected chi connectivity index (χ3v) is 8.30. The fourth-order valence-corrected chi connectivity index (χ4v) is 5.15. The Morgan fingerprint density at radius 1 is 0.926 bits per heavy atom. The maximum Gasteiger partial charge on any atom is 0.408 e. The Balaban J connectivity index is 0.000000373. The van der Waals surface area contributed by atoms with Crippen molar-refractivity contribution in [3.63, 3.8) is 0 Å². The lowest BCUT2D eigenvalue weighted by Crippen LogP contribution is -2.58. The Morgan fingerprint density at radius 3 is 2.09 bits per heavy atom. The van der Waals surface area contributed by atoms with Crippen molar-refractivity contribution in [1.29, 1.82) is 0 Å². The number of ether oxygens (including phenoxy) is 3. The van der Waals surface area contributed by atoms with Gasteiger partial charge in [-0.25, -0.2) is 9.78 Å². The second kappa shape index (κ2) is 21.9. The Morgan fingerprint density at radius 2 is 1.57 bits per heavy atom. The van der Waals surface area contributed by atoms with E-state index in [2.05, 4.69) is 36.4 Å². The molecule has 0 bridgehead atoms. The molecule has 0 saturated heterocycles. The number of likely N-dealkylation sites (N-methyl/N-ethyl adjacent to an activating group) is 1. The van der Waals surface area contributed by atoms with E-state index in [1.807, 2.05) is 84.1 Å². The molecule has 2 atom stereocenters. The molecule has 2 unspecified atom stereocenters. The first-order valence-electron chi connectivity index (χ1n) is 18.9. The van der Waals surface area contributed by atoms with Crippen molar-refractivity contribution in [1.82, 2.24) is 25.1 Å². The second-order valence-electron chi connectivity index (χ2n) is 15.1. The van der Waals surface area contributed by atoms with E-state index in [0.717, 1.165) is 42.0 Å². The summed E-state index contributed by atoms with van der Waals surface area (Å²) in [5.41, 5.74) is 0.979. The van der Waals surface area contributed by atoms with Crippen LogP contribution in [0.2, 0.25) is 0 Å². The van der Waals surface area contributed by atoms with Crippen molar-refractivity contribution in [2.24, 2.45) is 5.92 Å². The van der Waals surface area contributed by atoms with Crippen LogP contribution in [0.5, 0.6) is 5.75 Å². The number of amides is 3. The zero-order valence-electron chi connectivity index (χ0n) is 34.2. The minimum absolute atomic E-state index is 0.0402. The summed E-state index contributed by atoms with van der Waals surface area (Å²) in [4.78, 5) is 56.1. The number of carbonyl (C=O) groups excluding carboxylic acids is 4. The highest BCUT2D eigenvalue weighted by atomic mass is 16.6. The van der Waals surface area contributed by atoms with Gasteiger partial charge in [0, 0.05) is 19.3 Å². The van der Waals surface area contributed by atoms with Gasteiger partial charge in [-0.3, -0.25) is 14.4 Å². The average molecular weight is 750 g/mol. The minimum Gasteiger partial charge on any atom is -0.494 e. The topological polar surface area (TPSA) is 141 Å². The van der Waals surface area contributed by atoms with Crippen LogP contribution >= 0.6 is 0 Å². The van der Waals surface area contributed by atoms with Crippen LogP contribution in [0.15, 0.2) is 67.1 Å². The maximum atomic E-state index is 13.4. The zero-order chi connectivity index (χ0) is 40.5. The van der Waals surface area contributed by atoms with E-state index in [1.165, 1.54) is 20.8 Å². The van der Waals surface area contributed by atoms with E-state index < -0.39 is 35.2 Å². The summed E-state index contributed by atoms with van der Waals surface area (Å²) in [6, 6.07) is 16.1. The number of Topliss-reactive ketones (excluding diaryl/α,β-unsaturated/α-hetero) is 1. The number of nitrogens with one attached hydrogen (secondary N) is 2. The SMILES string of the molecule is CC(=O)C(COCc1ccccc1)NC(=O)C(C)(C)NC(=O)OC(C)(C)C.CCOc1ccc(C(C(=O)N(CC)CCC(C)C)n2cnc(CC)c2)cc1. The van der Waals surface area contributed by atoms with Crippen LogP contribution in [0.3, 0.4) is 0 Å². The van der Waals surface area contributed by atoms with Gasteiger partial charge in [0.25, 0.3) is 0 Å². The molecule has 3 amide bonds. The Bertz CT molecular complexity index is 1600. The maximum absolute atomic E-state index is 13.4. The summed E-state index contributed by atoms with van der Waals surface area (Å²) in [7, 11) is 0. The van der Waals surface area contributed by atoms with Crippen LogP contribution in [0.1, 0.15) is 105 Å². The first kappa shape index (κ1) is 45.4. The number of benzene rings is 2. The molecule has 0 radical (unpaired) electrons. The zero-order valence-corrected chi connectivity index (χ0v) is 34.2. The largest absolute Gasteiger partial charge is 0.494 e. The summed E-state index contributed by atoms with van der Waals surface area (Å²) in [5.74, 6) is 0.763. The number of imidazole rings is 1. The van der Waals surface area contributed by atoms with Gasteiger partial charge in [0.15, 0.2) is 5.78 Å². The lowest BCUT2D eigenvalue weighted by molar-refractivity contribution is -0.133. The molecule has 1 heterocycles. The molecule has 3 aromatic rings. The number of rotatable bonds is 18. The third-order valence-electron chi connectivity index (χ3n) is 8.30. The van der Waals surface area contributed by atoms with Gasteiger partial charge >= 0.3 is 6.09 Å². The van der Waals surface area contributed by atoms with Crippen molar-refractivity contribution >= 4 is 23.7 Å². The minimum atomic E-state index is -1.25. The van der Waals surface area contributed by atoms with Gasteiger partial charge in [0.2, 0.25) is 11.8 Å². The number of alkyl carbamates (subject to hydrolysis) is 1. The van der Waals surface area contributed by atoms with E-state index in [-0.39, 0.29) is 18.3 Å². The number of aryl methyl sites for hydroxylation is 1. The third kappa shape index (κ3) is 15.7. The fourth-order valence-electron chi connectivity index (χ4n) is 5.15. The Kier molecular flexibility index (Phi) is 18.4. The predicted molar refractivity (Wildman–Crippen MR) is 211 cm³/mol. The molecule has 54 heavy (non-hydrogen) atoms. The molecule has 12 heteroatoms. The molecule has 0 fully saturated rings. The monoisotopic (exact) mass is 749 g/mol. The Hall–Kier alpha value is -4.71. The lowest BCUT2D eigenvalue weighted by atomic mass is 10.0. The molecule has 0 saturated carbocycles. The number of hydrogen-bond acceptors (Lipinski definition) is 8. The molecular weight excluding hydrogens is 686 g/mol. The van der Waals surface area contributed by atoms with Gasteiger partial charge in [0.1, 0.15) is 29.0 Å². The van der Waals surface area contributed by atoms with E-state index in [9.17, 15) is 19.2 Å². The average Bonchev–Trinajstić information content (AvgIpc) is 3.57. The lowest BCUT2D eigenvalue weighted by Gasteiger charge is -2.29. The van der Waals surface area contributed by atoms with Crippen LogP contribution < -0.4 is 15.4 Å². The predicted octanol–water partition coefficient (Wildman–Crippen LogP) is 6.91. The van der Waals surface area contributed by atoms with E-state index >= 15 is 0 Å². The quantitative estimate of drug-likeness (QED) is 0.143. The normalized spacial score (nSPS) is 12.5. The summed E-state index contributed by atoms with van der Waals surface area (Å²) >= 11 is 0. The molecule has 0 spiro atoms. The van der Waals surface area contributed by atoms with Gasteiger partial charge in [-0.15, -0.1) is 0 Å². The van der Waals surface area contributed by atoms with Crippen molar-refractivity contribution < 1.29 is 33.4 Å². The number of hydrogen-bond donors (Lipinski definition) is 2. The fraction of sp³-hybridized carbons (Fsp3) is 0.548. The summed E-state index contributed by atoms with van der Waals surface area (Å²) in [6.07, 6.45) is 4.90. The van der Waals surface area contributed by atoms with Crippen LogP contribution in [-0.2, 0) is 36.9 Å². The van der Waals surface area contributed by atoms with E-state index in [0.29, 0.717) is 25.7 Å². The first-order valence-corrected chi connectivity index (χ1v) is 18.9. The van der Waals surface area contributed by atoms with Gasteiger partial charge in [0.05, 0.1) is 31.8 Å². The first-order chi connectivity index (χ1) is 25.4. The van der Waals surface area contributed by atoms with Crippen LogP contribution in [0.25, 0.3) is 0 Å². The van der Waals surface area contributed by atoms with Crippen LogP contribution in [0.4, 0.5) is 4.79 Å². The van der Waals surface area contributed by atoms with Crippen LogP contribution in [-0.4, -0.2) is 81.6 Å². The van der Waals surface area contributed by atoms with Crippen molar-refractivity contribution in [2.75, 3.05) is 26.3 Å². The number of aromatic nitrogens is 2. The molecule has 0 aliphatic rings. The van der Waals surface area contributed by atoms with Crippen molar-refractivity contribution in [2.45, 2.75) is 119 Å². The Labute approximate surface area is 322 Å². The molecule has 0 aliphatic carbocycles. The molecule has 12 nitrogen and oxygen atoms in total. The molecule has 0 aliphatic heterocycles. The molecule has 1 aromatic heterocycles. The highest BCUT2D eigenvalue weighted by Crippen LogP contribution is 2.25. The van der Waals surface area contributed by atoms with Crippen LogP contribution in [0, 0.1) is 5.92 Å². The highest BCUT2D eigenvalue weighted by Gasteiger charge is 2.34. The number of ketones is 1. The highest BCUT2D eigenvalue weighted by molar-refractivity contribution is 5.93. The van der Waals surface area contributed by atoms with Crippen molar-refractivity contribution in [3.8, 4) is 5.75 Å².